The predicted molar refractivity (Wildman–Crippen MR) is 245 cm³/mol. The Labute approximate surface area is 417 Å². The smallest absolute Gasteiger partial charge is 0.322 e. The lowest BCUT2D eigenvalue weighted by atomic mass is 9.85. The van der Waals surface area contributed by atoms with Crippen LogP contribution >= 0.6 is 63.7 Å². The number of carbonyl (C=O) groups excluding carboxylic acids is 9. The second-order valence-corrected chi connectivity index (χ2v) is 27.0. The lowest BCUT2D eigenvalue weighted by Gasteiger charge is -2.33. The van der Waals surface area contributed by atoms with Crippen molar-refractivity contribution >= 4 is 117 Å². The molecule has 3 rings (SSSR count). The minimum Gasteiger partial charge on any atom is -0.464 e. The average Bonchev–Trinajstić information content (AvgIpc) is 3.91. The first kappa shape index (κ1) is 57.3. The second-order valence-electron chi connectivity index (χ2n) is 19.1. The molecule has 4 atom stereocenters. The molecule has 3 heterocycles. The molecule has 2 unspecified atom stereocenters. The fraction of sp³-hybridized carbons (Fsp3) is 0.744. The summed E-state index contributed by atoms with van der Waals surface area (Å²) in [5, 5.41) is 0. The topological polar surface area (TPSA) is 240 Å². The van der Waals surface area contributed by atoms with Gasteiger partial charge in [-0.3, -0.25) is 48.1 Å². The molecule has 0 N–H and O–H groups in total. The van der Waals surface area contributed by atoms with Crippen molar-refractivity contribution in [1.29, 1.82) is 0 Å². The highest BCUT2D eigenvalue weighted by atomic mass is 79.9. The van der Waals surface area contributed by atoms with E-state index in [0.717, 1.165) is 4.90 Å². The van der Waals surface area contributed by atoms with Crippen LogP contribution in [0.3, 0.4) is 0 Å². The van der Waals surface area contributed by atoms with Gasteiger partial charge in [0.25, 0.3) is 0 Å². The van der Waals surface area contributed by atoms with Crippen molar-refractivity contribution in [2.75, 3.05) is 66.0 Å². The molecule has 19 nitrogen and oxygen atoms in total. The molecule has 2 fully saturated rings. The van der Waals surface area contributed by atoms with Gasteiger partial charge < -0.3 is 42.6 Å². The molecule has 3 aliphatic heterocycles. The zero-order valence-corrected chi connectivity index (χ0v) is 45.2. The maximum Gasteiger partial charge on any atom is 0.322 e. The van der Waals surface area contributed by atoms with E-state index in [1.165, 1.54) is 76.2 Å². The number of esters is 7. The van der Waals surface area contributed by atoms with Crippen LogP contribution in [0.1, 0.15) is 76.2 Å². The Bertz CT molecular complexity index is 1730. The highest BCUT2D eigenvalue weighted by Gasteiger charge is 2.60. The van der Waals surface area contributed by atoms with Crippen molar-refractivity contribution in [2.45, 2.75) is 106 Å². The summed E-state index contributed by atoms with van der Waals surface area (Å²) in [4.78, 5) is 120. The molecule has 0 aromatic heterocycles. The van der Waals surface area contributed by atoms with Crippen molar-refractivity contribution in [3.63, 3.8) is 0 Å². The number of nitrogens with zero attached hydrogens (tertiary/aromatic N) is 1. The molecule has 2 bridgehead atoms. The molecule has 66 heavy (non-hydrogen) atoms. The maximum absolute atomic E-state index is 13.9. The third kappa shape index (κ3) is 15.0. The largest absolute Gasteiger partial charge is 0.464 e. The zero-order chi connectivity index (χ0) is 50.4. The third-order valence-electron chi connectivity index (χ3n) is 10.5. The first-order valence-corrected chi connectivity index (χ1v) is 24.0. The van der Waals surface area contributed by atoms with E-state index in [9.17, 15) is 43.2 Å². The molecule has 0 aromatic rings. The standard InChI is InChI=1S/C43H59Br4NO18/c1-37(2,44)30(51)60-18-42(10,19-61-31(52)38(3,4)45)35(56)64-22-41(9,23-65-36(57)43(11,20-62-32(53)39(5,6)46)21-63-33(54)40(7,8)47)34(55)59-17-16-58-15-14-48-28(49)26-24-12-13-25(66-24)27(26)29(48)50/h12-13,24-27H,14-23H2,1-11H3/t24?,25?,26-,27+. The summed E-state index contributed by atoms with van der Waals surface area (Å²) in [5.41, 5.74) is -5.66. The van der Waals surface area contributed by atoms with E-state index in [1.807, 2.05) is 0 Å². The lowest BCUT2D eigenvalue weighted by Crippen LogP contribution is -2.47. The van der Waals surface area contributed by atoms with E-state index in [4.69, 9.17) is 42.6 Å². The first-order chi connectivity index (χ1) is 30.1. The van der Waals surface area contributed by atoms with Crippen LogP contribution in [-0.2, 0) is 85.8 Å². The summed E-state index contributed by atoms with van der Waals surface area (Å²) in [5.74, 6) is -8.09. The monoisotopic (exact) mass is 1190 g/mol. The fourth-order valence-electron chi connectivity index (χ4n) is 6.07. The predicted octanol–water partition coefficient (Wildman–Crippen LogP) is 4.46. The summed E-state index contributed by atoms with van der Waals surface area (Å²) >= 11 is 12.8. The number of carbonyl (C=O) groups is 9. The molecule has 0 aliphatic carbocycles. The van der Waals surface area contributed by atoms with E-state index in [-0.39, 0.29) is 38.2 Å². The van der Waals surface area contributed by atoms with Crippen LogP contribution in [0.25, 0.3) is 0 Å². The van der Waals surface area contributed by atoms with Crippen molar-refractivity contribution < 1.29 is 85.8 Å². The normalized spacial score (nSPS) is 19.8. The molecule has 0 radical (unpaired) electrons. The number of hydrogen-bond acceptors (Lipinski definition) is 18. The minimum atomic E-state index is -1.99. The van der Waals surface area contributed by atoms with Crippen molar-refractivity contribution in [3.8, 4) is 0 Å². The lowest BCUT2D eigenvalue weighted by molar-refractivity contribution is -0.182. The van der Waals surface area contributed by atoms with Crippen molar-refractivity contribution in [1.82, 2.24) is 4.90 Å². The molecule has 23 heteroatoms. The van der Waals surface area contributed by atoms with Crippen LogP contribution in [0, 0.1) is 28.1 Å². The number of imide groups is 1. The number of fused-ring (bicyclic) bond motifs is 5. The number of amides is 2. The van der Waals surface area contributed by atoms with Gasteiger partial charge in [0.05, 0.1) is 43.8 Å². The van der Waals surface area contributed by atoms with Crippen molar-refractivity contribution in [3.05, 3.63) is 12.2 Å². The molecular formula is C43H59Br4NO18. The Morgan fingerprint density at radius 2 is 0.727 bits per heavy atom. The van der Waals surface area contributed by atoms with Gasteiger partial charge >= 0.3 is 41.8 Å². The van der Waals surface area contributed by atoms with Gasteiger partial charge in [-0.05, 0) is 76.2 Å². The summed E-state index contributed by atoms with van der Waals surface area (Å²) in [6.45, 7) is 11.2. The van der Waals surface area contributed by atoms with E-state index < -0.39 is 139 Å². The van der Waals surface area contributed by atoms with Gasteiger partial charge in [-0.2, -0.15) is 0 Å². The number of hydrogen-bond donors (Lipinski definition) is 0. The minimum absolute atomic E-state index is 0.0466. The van der Waals surface area contributed by atoms with Crippen LogP contribution < -0.4 is 0 Å². The Hall–Kier alpha value is -2.99. The number of rotatable bonds is 25. The Morgan fingerprint density at radius 1 is 0.455 bits per heavy atom. The van der Waals surface area contributed by atoms with E-state index >= 15 is 0 Å². The van der Waals surface area contributed by atoms with Crippen LogP contribution in [0.4, 0.5) is 0 Å². The summed E-state index contributed by atoms with van der Waals surface area (Å²) in [7, 11) is 0. The Balaban J connectivity index is 1.81. The molecule has 0 aromatic carbocycles. The molecule has 3 aliphatic rings. The molecule has 372 valence electrons. The summed E-state index contributed by atoms with van der Waals surface area (Å²) in [6, 6.07) is 0. The van der Waals surface area contributed by atoms with E-state index in [2.05, 4.69) is 63.7 Å². The van der Waals surface area contributed by atoms with Crippen LogP contribution in [0.15, 0.2) is 12.2 Å². The van der Waals surface area contributed by atoms with Gasteiger partial charge in [0, 0.05) is 0 Å². The zero-order valence-electron chi connectivity index (χ0n) is 38.8. The SMILES string of the molecule is CC(C)(Br)C(=O)OCC(C)(COC(=O)C(C)(C)Br)C(=O)OCC(C)(COC(=O)C(C)(COC(=O)C(C)(C)Br)COC(=O)C(C)(C)Br)C(=O)OCCOCCN1C(=O)[C@@H]2C3C=CC(O3)[C@@H]2C1=O. The number of halogens is 4. The number of alkyl halides is 4. The van der Waals surface area contributed by atoms with E-state index in [1.54, 1.807) is 12.2 Å². The highest BCUT2D eigenvalue weighted by Crippen LogP contribution is 2.45. The van der Waals surface area contributed by atoms with Crippen LogP contribution in [0.2, 0.25) is 0 Å². The van der Waals surface area contributed by atoms with Crippen molar-refractivity contribution in [2.24, 2.45) is 28.1 Å². The highest BCUT2D eigenvalue weighted by molar-refractivity contribution is 9.10. The van der Waals surface area contributed by atoms with Crippen LogP contribution in [0.5, 0.6) is 0 Å². The second kappa shape index (κ2) is 22.2. The van der Waals surface area contributed by atoms with Crippen LogP contribution in [-0.4, -0.2) is 154 Å². The van der Waals surface area contributed by atoms with Gasteiger partial charge in [0.15, 0.2) is 0 Å². The molecular weight excluding hydrogens is 1140 g/mol. The van der Waals surface area contributed by atoms with Gasteiger partial charge in [0.1, 0.15) is 79.8 Å². The van der Waals surface area contributed by atoms with Gasteiger partial charge in [-0.15, -0.1) is 0 Å². The number of likely N-dealkylation sites (tertiary alicyclic amines) is 1. The third-order valence-corrected chi connectivity index (χ3v) is 11.8. The van der Waals surface area contributed by atoms with E-state index in [0.29, 0.717) is 0 Å². The van der Waals surface area contributed by atoms with Gasteiger partial charge in [0.2, 0.25) is 11.8 Å². The van der Waals surface area contributed by atoms with Gasteiger partial charge in [-0.1, -0.05) is 75.9 Å². The first-order valence-electron chi connectivity index (χ1n) is 20.8. The Kier molecular flexibility index (Phi) is 19.3. The Morgan fingerprint density at radius 3 is 1.02 bits per heavy atom. The number of ether oxygens (including phenoxy) is 9. The summed E-state index contributed by atoms with van der Waals surface area (Å²) in [6.07, 6.45) is 2.66. The molecule has 2 saturated heterocycles. The molecule has 2 amide bonds. The summed E-state index contributed by atoms with van der Waals surface area (Å²) < 4.78 is 45.0. The molecule has 0 spiro atoms. The quantitative estimate of drug-likeness (QED) is 0.0306. The fourth-order valence-corrected chi connectivity index (χ4v) is 6.53. The van der Waals surface area contributed by atoms with Gasteiger partial charge in [-0.25, -0.2) is 0 Å². The average molecular weight is 1200 g/mol. The maximum atomic E-state index is 13.9. The molecule has 0 saturated carbocycles.